The summed E-state index contributed by atoms with van der Waals surface area (Å²) in [7, 11) is 1.43. The second-order valence-corrected chi connectivity index (χ2v) is 6.19. The first kappa shape index (κ1) is 15.9. The smallest absolute Gasteiger partial charge is 0.339 e. The van der Waals surface area contributed by atoms with Gasteiger partial charge in [-0.15, -0.1) is 11.3 Å². The summed E-state index contributed by atoms with van der Waals surface area (Å²) in [6.07, 6.45) is 3.64. The molecule has 2 N–H and O–H groups in total. The topological polar surface area (TPSA) is 92.3 Å². The largest absolute Gasteiger partial charge is 0.495 e. The highest BCUT2D eigenvalue weighted by atomic mass is 32.1. The molecule has 7 heteroatoms. The van der Waals surface area contributed by atoms with Crippen molar-refractivity contribution in [1.29, 1.82) is 0 Å². The third kappa shape index (κ3) is 2.81. The van der Waals surface area contributed by atoms with Gasteiger partial charge in [-0.05, 0) is 43.3 Å². The van der Waals surface area contributed by atoms with Gasteiger partial charge in [-0.2, -0.15) is 5.10 Å². The van der Waals surface area contributed by atoms with Crippen molar-refractivity contribution in [2.75, 3.05) is 7.11 Å². The fraction of sp³-hybridized carbons (Fsp3) is 0.118. The van der Waals surface area contributed by atoms with E-state index in [4.69, 9.17) is 4.74 Å². The summed E-state index contributed by atoms with van der Waals surface area (Å²) < 4.78 is 5.29. The van der Waals surface area contributed by atoms with Gasteiger partial charge in [0.05, 0.1) is 28.6 Å². The molecule has 0 saturated carbocycles. The lowest BCUT2D eigenvalue weighted by Crippen LogP contribution is -2.00. The summed E-state index contributed by atoms with van der Waals surface area (Å²) in [5.74, 6) is -0.766. The first-order valence-corrected chi connectivity index (χ1v) is 7.90. The van der Waals surface area contributed by atoms with Crippen LogP contribution in [-0.4, -0.2) is 34.2 Å². The molecule has 0 bridgehead atoms. The molecule has 3 rings (SSSR count). The minimum absolute atomic E-state index is 0.0272. The highest BCUT2D eigenvalue weighted by Crippen LogP contribution is 2.32. The Morgan fingerprint density at radius 3 is 2.67 bits per heavy atom. The molecule has 2 aromatic heterocycles. The molecule has 0 aliphatic carbocycles. The molecule has 0 fully saturated rings. The summed E-state index contributed by atoms with van der Waals surface area (Å²) in [5, 5.41) is 17.0. The molecule has 0 unspecified atom stereocenters. The van der Waals surface area contributed by atoms with Crippen LogP contribution in [0.1, 0.15) is 37.5 Å². The van der Waals surface area contributed by atoms with Gasteiger partial charge >= 0.3 is 5.97 Å². The molecule has 3 aromatic rings. The Morgan fingerprint density at radius 1 is 1.25 bits per heavy atom. The van der Waals surface area contributed by atoms with Crippen LogP contribution in [-0.2, 0) is 0 Å². The van der Waals surface area contributed by atoms with Crippen molar-refractivity contribution in [1.82, 2.24) is 10.2 Å². The molecule has 0 radical (unpaired) electrons. The Morgan fingerprint density at radius 2 is 2.04 bits per heavy atom. The SMILES string of the molecule is COc1c(C(=O)O)ccc2n[nH]c(C=Cc3ccc(C(C)=O)s3)c12. The van der Waals surface area contributed by atoms with E-state index in [1.54, 1.807) is 18.2 Å². The van der Waals surface area contributed by atoms with Crippen LogP contribution in [0, 0.1) is 0 Å². The number of fused-ring (bicyclic) bond motifs is 1. The lowest BCUT2D eigenvalue weighted by molar-refractivity contribution is 0.0693. The number of carbonyl (C=O) groups is 2. The Hall–Kier alpha value is -2.93. The number of aromatic carboxylic acids is 1. The first-order valence-electron chi connectivity index (χ1n) is 7.08. The van der Waals surface area contributed by atoms with Crippen molar-refractivity contribution >= 4 is 46.1 Å². The maximum Gasteiger partial charge on any atom is 0.339 e. The summed E-state index contributed by atoms with van der Waals surface area (Å²) in [5.41, 5.74) is 1.34. The average molecular weight is 342 g/mol. The Labute approximate surface area is 141 Å². The fourth-order valence-corrected chi connectivity index (χ4v) is 3.21. The normalized spacial score (nSPS) is 11.2. The van der Waals surface area contributed by atoms with Gasteiger partial charge in [0, 0.05) is 4.88 Å². The van der Waals surface area contributed by atoms with Crippen molar-refractivity contribution < 1.29 is 19.4 Å². The zero-order chi connectivity index (χ0) is 17.3. The number of H-pyrrole nitrogens is 1. The van der Waals surface area contributed by atoms with E-state index in [1.807, 2.05) is 12.1 Å². The number of Topliss-reactive ketones (excluding diaryl/α,β-unsaturated/α-hetero) is 1. The van der Waals surface area contributed by atoms with Crippen molar-refractivity contribution in [3.63, 3.8) is 0 Å². The molecule has 0 aliphatic heterocycles. The number of hydrogen-bond acceptors (Lipinski definition) is 5. The molecule has 122 valence electrons. The monoisotopic (exact) mass is 342 g/mol. The zero-order valence-electron chi connectivity index (χ0n) is 13.0. The second kappa shape index (κ2) is 6.29. The predicted octanol–water partition coefficient (Wildman–Crippen LogP) is 3.70. The van der Waals surface area contributed by atoms with E-state index in [-0.39, 0.29) is 17.1 Å². The molecule has 0 spiro atoms. The van der Waals surface area contributed by atoms with E-state index in [2.05, 4.69) is 10.2 Å². The number of rotatable bonds is 5. The number of ether oxygens (including phenoxy) is 1. The highest BCUT2D eigenvalue weighted by Gasteiger charge is 2.18. The van der Waals surface area contributed by atoms with E-state index in [0.717, 1.165) is 4.88 Å². The number of nitrogens with one attached hydrogen (secondary N) is 1. The maximum atomic E-state index is 11.3. The number of hydrogen-bond donors (Lipinski definition) is 2. The lowest BCUT2D eigenvalue weighted by Gasteiger charge is -2.06. The van der Waals surface area contributed by atoms with Gasteiger partial charge in [0.1, 0.15) is 11.3 Å². The average Bonchev–Trinajstić information content (AvgIpc) is 3.18. The van der Waals surface area contributed by atoms with Gasteiger partial charge in [-0.1, -0.05) is 0 Å². The van der Waals surface area contributed by atoms with Crippen molar-refractivity contribution in [3.8, 4) is 5.75 Å². The molecular formula is C17H14N2O4S. The van der Waals surface area contributed by atoms with Crippen molar-refractivity contribution in [2.45, 2.75) is 6.92 Å². The standard InChI is InChI=1S/C17H14N2O4S/c1-9(20)14-8-4-10(24-14)3-6-12-15-13(19-18-12)7-5-11(17(21)22)16(15)23-2/h3-8H,1-2H3,(H,18,19)(H,21,22). The predicted molar refractivity (Wildman–Crippen MR) is 92.9 cm³/mol. The molecule has 0 aliphatic rings. The third-order valence-corrected chi connectivity index (χ3v) is 4.68. The van der Waals surface area contributed by atoms with Crippen LogP contribution in [0.25, 0.3) is 23.1 Å². The molecule has 0 atom stereocenters. The zero-order valence-corrected chi connectivity index (χ0v) is 13.8. The minimum atomic E-state index is -1.06. The molecule has 0 amide bonds. The van der Waals surface area contributed by atoms with Crippen LogP contribution in [0.15, 0.2) is 24.3 Å². The quantitative estimate of drug-likeness (QED) is 0.690. The number of benzene rings is 1. The number of aromatic amines is 1. The third-order valence-electron chi connectivity index (χ3n) is 3.52. The summed E-state index contributed by atoms with van der Waals surface area (Å²) in [6, 6.07) is 6.74. The number of carboxylic acids is 1. The highest BCUT2D eigenvalue weighted by molar-refractivity contribution is 7.14. The summed E-state index contributed by atoms with van der Waals surface area (Å²) in [4.78, 5) is 24.3. The molecule has 0 saturated heterocycles. The van der Waals surface area contributed by atoms with Gasteiger partial charge in [-0.25, -0.2) is 4.79 Å². The van der Waals surface area contributed by atoms with Crippen LogP contribution in [0.5, 0.6) is 5.75 Å². The van der Waals surface area contributed by atoms with Crippen molar-refractivity contribution in [3.05, 3.63) is 45.3 Å². The van der Waals surface area contributed by atoms with E-state index < -0.39 is 5.97 Å². The van der Waals surface area contributed by atoms with E-state index >= 15 is 0 Å². The number of nitrogens with zero attached hydrogens (tertiary/aromatic N) is 1. The molecule has 2 heterocycles. The first-order chi connectivity index (χ1) is 11.5. The van der Waals surface area contributed by atoms with E-state index in [9.17, 15) is 14.7 Å². The Bertz CT molecular complexity index is 968. The Kier molecular flexibility index (Phi) is 4.18. The maximum absolute atomic E-state index is 11.3. The van der Waals surface area contributed by atoms with Gasteiger partial charge in [0.25, 0.3) is 0 Å². The number of carbonyl (C=O) groups excluding carboxylic acids is 1. The van der Waals surface area contributed by atoms with Gasteiger partial charge in [0.15, 0.2) is 5.78 Å². The van der Waals surface area contributed by atoms with Gasteiger partial charge < -0.3 is 9.84 Å². The summed E-state index contributed by atoms with van der Waals surface area (Å²) in [6.45, 7) is 1.53. The van der Waals surface area contributed by atoms with Crippen LogP contribution in [0.2, 0.25) is 0 Å². The van der Waals surface area contributed by atoms with Crippen molar-refractivity contribution in [2.24, 2.45) is 0 Å². The molecule has 1 aromatic carbocycles. The number of carboxylic acid groups (broad SMARTS) is 1. The van der Waals surface area contributed by atoms with Gasteiger partial charge in [0.2, 0.25) is 0 Å². The second-order valence-electron chi connectivity index (χ2n) is 5.07. The Balaban J connectivity index is 2.05. The summed E-state index contributed by atoms with van der Waals surface area (Å²) >= 11 is 1.39. The lowest BCUT2D eigenvalue weighted by atomic mass is 10.1. The fourth-order valence-electron chi connectivity index (χ4n) is 2.40. The number of methoxy groups -OCH3 is 1. The number of aromatic nitrogens is 2. The molecular weight excluding hydrogens is 328 g/mol. The van der Waals surface area contributed by atoms with E-state index in [0.29, 0.717) is 21.5 Å². The van der Waals surface area contributed by atoms with E-state index in [1.165, 1.54) is 31.4 Å². The number of thiophene rings is 1. The molecule has 6 nitrogen and oxygen atoms in total. The van der Waals surface area contributed by atoms with Gasteiger partial charge in [-0.3, -0.25) is 9.89 Å². The van der Waals surface area contributed by atoms with Crippen LogP contribution >= 0.6 is 11.3 Å². The number of ketones is 1. The minimum Gasteiger partial charge on any atom is -0.495 e. The molecule has 24 heavy (non-hydrogen) atoms. The van der Waals surface area contributed by atoms with Crippen LogP contribution < -0.4 is 4.74 Å². The van der Waals surface area contributed by atoms with Crippen LogP contribution in [0.3, 0.4) is 0 Å². The van der Waals surface area contributed by atoms with Crippen LogP contribution in [0.4, 0.5) is 0 Å².